The summed E-state index contributed by atoms with van der Waals surface area (Å²) in [6, 6.07) is -0.0600. The van der Waals surface area contributed by atoms with Gasteiger partial charge in [-0.05, 0) is 96.8 Å². The lowest BCUT2D eigenvalue weighted by Crippen LogP contribution is -2.46. The number of carbonyl (C=O) groups is 1. The quantitative estimate of drug-likeness (QED) is 0.134. The monoisotopic (exact) mass is 1050 g/mol. The molecule has 7 fully saturated rings. The Labute approximate surface area is 393 Å². The zero-order valence-corrected chi connectivity index (χ0v) is 41.5. The standard InChI is InChI=1S/C14H24O6P.C11H23NO7P.C11H22O8P.6H3N/c1-8-13(20-21(16,17)18)7-14(19-8)11-6-5-10-9(11)3-2-4-12(10)15;2*1-5-10(19-20(15,16)17)9(14)11(18-5)7-3-2-6(12)4-8(7)13;;;;;;/h8-11,13-14,16-18H,2-7H2,1H3;5-11,13-17H,2-4,12H2,1H3;5-17H,2-4H2,1H3;6*1H3/q3*+1;;;;;;. The van der Waals surface area contributed by atoms with Gasteiger partial charge in [-0.25, -0.2) is 0 Å². The van der Waals surface area contributed by atoms with Crippen molar-refractivity contribution in [2.24, 2.45) is 35.3 Å². The van der Waals surface area contributed by atoms with E-state index >= 15 is 0 Å². The van der Waals surface area contributed by atoms with Crippen LogP contribution < -0.4 is 42.6 Å². The number of hydrogen-bond donors (Lipinski definition) is 21. The number of hydrogen-bond acceptors (Lipinski definition) is 28. The van der Waals surface area contributed by atoms with Gasteiger partial charge in [0.15, 0.2) is 12.2 Å². The number of ketones is 1. The minimum atomic E-state index is -4.47. The zero-order chi connectivity index (χ0) is 45.4. The Bertz CT molecular complexity index is 1370. The van der Waals surface area contributed by atoms with Gasteiger partial charge in [0.05, 0.1) is 54.9 Å². The van der Waals surface area contributed by atoms with Crippen molar-refractivity contribution in [3.05, 3.63) is 0 Å². The summed E-state index contributed by atoms with van der Waals surface area (Å²) in [4.78, 5) is 92.9. The average Bonchev–Trinajstić information content (AvgIpc) is 3.86. The fourth-order valence-corrected chi connectivity index (χ4v) is 12.6. The molecule has 7 rings (SSSR count). The van der Waals surface area contributed by atoms with Crippen LogP contribution in [0.15, 0.2) is 0 Å². The van der Waals surface area contributed by atoms with Crippen molar-refractivity contribution in [2.45, 2.75) is 189 Å². The van der Waals surface area contributed by atoms with Crippen LogP contribution in [-0.4, -0.2) is 167 Å². The number of carbonyl (C=O) groups excluding carboxylic acids is 1. The summed E-state index contributed by atoms with van der Waals surface area (Å²) < 4.78 is 31.4. The van der Waals surface area contributed by atoms with Gasteiger partial charge in [0.2, 0.25) is 0 Å². The molecule has 4 saturated carbocycles. The van der Waals surface area contributed by atoms with Crippen molar-refractivity contribution in [1.29, 1.82) is 0 Å². The van der Waals surface area contributed by atoms with Crippen LogP contribution in [0.25, 0.3) is 0 Å². The molecule has 31 heteroatoms. The summed E-state index contributed by atoms with van der Waals surface area (Å²) in [6.07, 6.45) is -1.74. The van der Waals surface area contributed by atoms with E-state index in [-0.39, 0.29) is 79.3 Å². The minimum absolute atomic E-state index is 0. The number of aliphatic hydroxyl groups is 5. The minimum Gasteiger partial charge on any atom is -0.393 e. The normalized spacial score (nSPS) is 41.7. The van der Waals surface area contributed by atoms with Crippen molar-refractivity contribution in [3.63, 3.8) is 0 Å². The second kappa shape index (κ2) is 28.4. The highest BCUT2D eigenvalue weighted by atomic mass is 31.2. The van der Waals surface area contributed by atoms with Crippen molar-refractivity contribution < 1.29 is 102 Å². The molecule has 0 aromatic heterocycles. The average molecular weight is 1050 g/mol. The van der Waals surface area contributed by atoms with Crippen LogP contribution in [0.4, 0.5) is 0 Å². The Hall–Kier alpha value is -0.120. The maximum Gasteiger partial charge on any atom is 0.567 e. The van der Waals surface area contributed by atoms with Gasteiger partial charge in [-0.15, -0.1) is 13.6 Å². The summed E-state index contributed by atoms with van der Waals surface area (Å²) in [5.41, 5.74) is 5.78. The molecule has 67 heavy (non-hydrogen) atoms. The van der Waals surface area contributed by atoms with Gasteiger partial charge in [0, 0.05) is 36.6 Å². The topological polar surface area (TPSA) is 592 Å². The highest BCUT2D eigenvalue weighted by molar-refractivity contribution is 7.53. The smallest absolute Gasteiger partial charge is 0.393 e. The first-order valence-electron chi connectivity index (χ1n) is 21.1. The maximum absolute atomic E-state index is 12.0. The molecule has 0 aromatic carbocycles. The number of aliphatic hydroxyl groups excluding tert-OH is 5. The van der Waals surface area contributed by atoms with Crippen molar-refractivity contribution >= 4 is 30.3 Å². The molecule has 0 bridgehead atoms. The van der Waals surface area contributed by atoms with Crippen LogP contribution in [0.2, 0.25) is 0 Å². The second-order valence-electron chi connectivity index (χ2n) is 17.9. The molecule has 0 aromatic rings. The molecular weight excluding hydrogens is 959 g/mol. The summed E-state index contributed by atoms with van der Waals surface area (Å²) in [6.45, 7) is 5.00. The van der Waals surface area contributed by atoms with Crippen LogP contribution in [-0.2, 0) is 32.6 Å². The van der Waals surface area contributed by atoms with Gasteiger partial charge in [-0.1, -0.05) is 0 Å². The molecule has 0 spiro atoms. The molecule has 34 N–H and O–H groups in total. The Morgan fingerprint density at radius 3 is 1.42 bits per heavy atom. The molecule has 20 unspecified atom stereocenters. The Balaban J connectivity index is 0. The third-order valence-corrected chi connectivity index (χ3v) is 15.1. The summed E-state index contributed by atoms with van der Waals surface area (Å²) >= 11 is 0. The Morgan fingerprint density at radius 1 is 0.522 bits per heavy atom. The molecule has 0 amide bonds. The lowest BCUT2D eigenvalue weighted by atomic mass is 9.75. The predicted molar refractivity (Wildman–Crippen MR) is 244 cm³/mol. The first kappa shape index (κ1) is 69.0. The molecule has 4 aliphatic carbocycles. The van der Waals surface area contributed by atoms with E-state index < -0.39 is 97.8 Å². The molecule has 7 aliphatic rings. The molecule has 28 nitrogen and oxygen atoms in total. The first-order chi connectivity index (χ1) is 28.2. The summed E-state index contributed by atoms with van der Waals surface area (Å²) in [5, 5.41) is 49.9. The third-order valence-electron chi connectivity index (χ3n) is 13.5. The van der Waals surface area contributed by atoms with Crippen LogP contribution in [0, 0.1) is 29.6 Å². The van der Waals surface area contributed by atoms with Gasteiger partial charge in [0.25, 0.3) is 0 Å². The summed E-state index contributed by atoms with van der Waals surface area (Å²) in [7, 11) is -13.2. The predicted octanol–water partition coefficient (Wildman–Crippen LogP) is -0.0703. The highest BCUT2D eigenvalue weighted by Crippen LogP contribution is 2.54. The second-order valence-corrected chi connectivity index (χ2v) is 21.6. The van der Waals surface area contributed by atoms with Crippen LogP contribution >= 0.6 is 24.5 Å². The zero-order valence-electron chi connectivity index (χ0n) is 38.8. The lowest BCUT2D eigenvalue weighted by molar-refractivity contribution is -0.126. The summed E-state index contributed by atoms with van der Waals surface area (Å²) in [5.74, 6) is 0.692. The van der Waals surface area contributed by atoms with Crippen LogP contribution in [0.5, 0.6) is 0 Å². The van der Waals surface area contributed by atoms with Crippen molar-refractivity contribution in [2.75, 3.05) is 0 Å². The largest absolute Gasteiger partial charge is 0.567 e. The lowest BCUT2D eigenvalue weighted by Gasteiger charge is -2.35. The molecular formula is C36H87N7O21P3+3. The molecule has 3 saturated heterocycles. The number of ether oxygens (including phenoxy) is 3. The van der Waals surface area contributed by atoms with Gasteiger partial charge in [0.1, 0.15) is 24.1 Å². The van der Waals surface area contributed by atoms with E-state index in [0.29, 0.717) is 56.1 Å². The van der Waals surface area contributed by atoms with Gasteiger partial charge in [-0.3, -0.25) is 4.79 Å². The van der Waals surface area contributed by atoms with E-state index in [1.54, 1.807) is 13.8 Å². The molecule has 0 radical (unpaired) electrons. The van der Waals surface area contributed by atoms with E-state index in [1.165, 1.54) is 0 Å². The molecule has 3 aliphatic heterocycles. The van der Waals surface area contributed by atoms with E-state index in [1.807, 2.05) is 6.92 Å². The van der Waals surface area contributed by atoms with E-state index in [4.69, 9.17) is 73.0 Å². The number of nitrogens with two attached hydrogens (primary N) is 1. The number of rotatable bonds is 9. The highest BCUT2D eigenvalue weighted by Gasteiger charge is 2.56. The van der Waals surface area contributed by atoms with E-state index in [0.717, 1.165) is 32.1 Å². The van der Waals surface area contributed by atoms with Gasteiger partial charge in [-0.2, -0.15) is 44.0 Å². The van der Waals surface area contributed by atoms with E-state index in [9.17, 15) is 30.3 Å². The molecule has 20 atom stereocenters. The van der Waals surface area contributed by atoms with E-state index in [2.05, 4.69) is 4.52 Å². The SMILES string of the molecule is CC1OC(C2CCC(N)CC2O)C(O)C1O[P+](O)(O)O.CC1OC(C2CCC(O)CC2O)C(O)C1O[P+](O)(O)O.CC1OC(C2CCC3C(=O)CCCC32)CC1O[P+](O)(O)O.N.N.N.N.N.N. The first-order valence-corrected chi connectivity index (χ1v) is 25.8. The Kier molecular flexibility index (Phi) is 29.2. The van der Waals surface area contributed by atoms with Crippen LogP contribution in [0.1, 0.15) is 97.8 Å². The molecule has 404 valence electrons. The fraction of sp³-hybridized carbons (Fsp3) is 0.972. The fourth-order valence-electron chi connectivity index (χ4n) is 10.7. The van der Waals surface area contributed by atoms with Gasteiger partial charge < -0.3 is 82.4 Å². The number of fused-ring (bicyclic) bond motifs is 1. The third kappa shape index (κ3) is 18.7. The van der Waals surface area contributed by atoms with Crippen molar-refractivity contribution in [1.82, 2.24) is 36.9 Å². The van der Waals surface area contributed by atoms with Gasteiger partial charge >= 0.3 is 24.5 Å². The maximum atomic E-state index is 12.0. The van der Waals surface area contributed by atoms with Crippen molar-refractivity contribution in [3.8, 4) is 0 Å². The Morgan fingerprint density at radius 2 is 0.970 bits per heavy atom. The molecule has 3 heterocycles. The van der Waals surface area contributed by atoms with Crippen LogP contribution in [0.3, 0.4) is 0 Å². The number of Topliss-reactive ketones (excluding diaryl/α,β-unsaturated/α-hetero) is 1.